The van der Waals surface area contributed by atoms with E-state index in [0.29, 0.717) is 12.2 Å². The van der Waals surface area contributed by atoms with E-state index in [1.807, 2.05) is 0 Å². The number of nitrogens with zero attached hydrogens (tertiary/aromatic N) is 2. The van der Waals surface area contributed by atoms with Crippen LogP contribution in [0.1, 0.15) is 24.6 Å². The molecule has 1 aliphatic heterocycles. The van der Waals surface area contributed by atoms with Gasteiger partial charge in [-0.3, -0.25) is 10.1 Å². The topological polar surface area (TPSA) is 76.4 Å². The van der Waals surface area contributed by atoms with E-state index < -0.39 is 12.0 Å². The molecule has 0 aromatic carbocycles. The molecule has 94 valence electrons. The predicted octanol–water partition coefficient (Wildman–Crippen LogP) is 0.314. The molecule has 17 heavy (non-hydrogen) atoms. The Morgan fingerprint density at radius 3 is 3.18 bits per heavy atom. The highest BCUT2D eigenvalue weighted by molar-refractivity contribution is 5.74. The molecule has 2 unspecified atom stereocenters. The first-order valence-electron chi connectivity index (χ1n) is 5.72. The molecule has 0 bridgehead atoms. The van der Waals surface area contributed by atoms with Gasteiger partial charge in [-0.25, -0.2) is 4.98 Å². The predicted molar refractivity (Wildman–Crippen MR) is 60.6 cm³/mol. The van der Waals surface area contributed by atoms with Crippen molar-refractivity contribution >= 4 is 5.97 Å². The molecule has 2 heterocycles. The smallest absolute Gasteiger partial charge is 0.326 e. The summed E-state index contributed by atoms with van der Waals surface area (Å²) >= 11 is 0. The number of hydrogen-bond acceptors (Lipinski definition) is 4. The number of rotatable bonds is 5. The number of carboxylic acids is 1. The Morgan fingerprint density at radius 1 is 1.82 bits per heavy atom. The Balaban J connectivity index is 1.98. The molecule has 0 aliphatic carbocycles. The maximum absolute atomic E-state index is 11.2. The van der Waals surface area contributed by atoms with Crippen molar-refractivity contribution in [1.29, 1.82) is 0 Å². The Morgan fingerprint density at radius 2 is 2.65 bits per heavy atom. The fraction of sp³-hybridized carbons (Fsp3) is 0.636. The number of carboxylic acid groups (broad SMARTS) is 1. The Bertz CT molecular complexity index is 385. The van der Waals surface area contributed by atoms with E-state index in [9.17, 15) is 9.90 Å². The third-order valence-corrected chi connectivity index (χ3v) is 2.97. The summed E-state index contributed by atoms with van der Waals surface area (Å²) in [5, 5.41) is 12.2. The van der Waals surface area contributed by atoms with Gasteiger partial charge < -0.3 is 14.4 Å². The molecule has 6 heteroatoms. The van der Waals surface area contributed by atoms with Crippen LogP contribution < -0.4 is 5.32 Å². The van der Waals surface area contributed by atoms with E-state index in [2.05, 4.69) is 10.3 Å². The van der Waals surface area contributed by atoms with Crippen LogP contribution in [0, 0.1) is 0 Å². The fourth-order valence-corrected chi connectivity index (χ4v) is 2.02. The fourth-order valence-electron chi connectivity index (χ4n) is 2.02. The van der Waals surface area contributed by atoms with Crippen molar-refractivity contribution in [1.82, 2.24) is 14.9 Å². The maximum atomic E-state index is 11.2. The second-order valence-corrected chi connectivity index (χ2v) is 4.24. The molecule has 1 saturated heterocycles. The van der Waals surface area contributed by atoms with E-state index >= 15 is 0 Å². The van der Waals surface area contributed by atoms with Crippen molar-refractivity contribution in [3.63, 3.8) is 0 Å². The summed E-state index contributed by atoms with van der Waals surface area (Å²) in [5.74, 6) is -0.897. The third-order valence-electron chi connectivity index (χ3n) is 2.97. The summed E-state index contributed by atoms with van der Waals surface area (Å²) in [6.45, 7) is 1.33. The average Bonchev–Trinajstić information content (AvgIpc) is 2.91. The molecule has 6 nitrogen and oxygen atoms in total. The first-order chi connectivity index (χ1) is 8.18. The quantitative estimate of drug-likeness (QED) is 0.773. The van der Waals surface area contributed by atoms with Gasteiger partial charge >= 0.3 is 5.97 Å². The van der Waals surface area contributed by atoms with Gasteiger partial charge in [-0.2, -0.15) is 0 Å². The van der Waals surface area contributed by atoms with Crippen molar-refractivity contribution in [3.8, 4) is 0 Å². The van der Waals surface area contributed by atoms with Gasteiger partial charge in [-0.05, 0) is 12.8 Å². The third kappa shape index (κ3) is 2.83. The number of ether oxygens (including phenoxy) is 1. The SMILES string of the molecule is Cn1cncc1C(NCC1CCCO1)C(=O)O. The number of carbonyl (C=O) groups is 1. The monoisotopic (exact) mass is 239 g/mol. The second kappa shape index (κ2) is 5.29. The Hall–Kier alpha value is -1.40. The minimum atomic E-state index is -0.897. The zero-order chi connectivity index (χ0) is 12.3. The van der Waals surface area contributed by atoms with Gasteiger partial charge in [0.15, 0.2) is 0 Å². The second-order valence-electron chi connectivity index (χ2n) is 4.24. The Kier molecular flexibility index (Phi) is 3.75. The highest BCUT2D eigenvalue weighted by atomic mass is 16.5. The standard InChI is InChI=1S/C11H17N3O3/c1-14-7-12-6-9(14)10(11(15)16)13-5-8-3-2-4-17-8/h6-8,10,13H,2-5H2,1H3,(H,15,16). The summed E-state index contributed by atoms with van der Waals surface area (Å²) in [7, 11) is 1.78. The normalized spacial score (nSPS) is 21.6. The van der Waals surface area contributed by atoms with E-state index in [-0.39, 0.29) is 6.10 Å². The minimum Gasteiger partial charge on any atom is -0.480 e. The molecule has 0 spiro atoms. The van der Waals surface area contributed by atoms with Gasteiger partial charge in [0.1, 0.15) is 6.04 Å². The zero-order valence-electron chi connectivity index (χ0n) is 9.80. The maximum Gasteiger partial charge on any atom is 0.326 e. The molecule has 1 aromatic rings. The van der Waals surface area contributed by atoms with E-state index in [0.717, 1.165) is 19.4 Å². The molecular formula is C11H17N3O3. The molecule has 1 fully saturated rings. The van der Waals surface area contributed by atoms with Crippen LogP contribution in [-0.4, -0.2) is 39.9 Å². The van der Waals surface area contributed by atoms with E-state index in [4.69, 9.17) is 4.74 Å². The highest BCUT2D eigenvalue weighted by Crippen LogP contribution is 2.15. The number of aliphatic carboxylic acids is 1. The van der Waals surface area contributed by atoms with E-state index in [1.165, 1.54) is 0 Å². The van der Waals surface area contributed by atoms with Crippen molar-refractivity contribution < 1.29 is 14.6 Å². The molecule has 2 rings (SSSR count). The van der Waals surface area contributed by atoms with Gasteiger partial charge in [-0.15, -0.1) is 0 Å². The molecule has 2 atom stereocenters. The lowest BCUT2D eigenvalue weighted by molar-refractivity contribution is -0.140. The Labute approximate surface area is 99.6 Å². The number of aromatic nitrogens is 2. The van der Waals surface area contributed by atoms with Gasteiger partial charge in [0.05, 0.1) is 24.3 Å². The molecule has 0 amide bonds. The lowest BCUT2D eigenvalue weighted by Crippen LogP contribution is -2.35. The summed E-state index contributed by atoms with van der Waals surface area (Å²) < 4.78 is 7.16. The van der Waals surface area contributed by atoms with Crippen LogP contribution in [0.3, 0.4) is 0 Å². The number of hydrogen-bond donors (Lipinski definition) is 2. The molecular weight excluding hydrogens is 222 g/mol. The molecule has 1 aromatic heterocycles. The molecule has 2 N–H and O–H groups in total. The first-order valence-corrected chi connectivity index (χ1v) is 5.72. The van der Waals surface area contributed by atoms with Crippen LogP contribution >= 0.6 is 0 Å². The van der Waals surface area contributed by atoms with Crippen LogP contribution in [0.25, 0.3) is 0 Å². The summed E-state index contributed by atoms with van der Waals surface area (Å²) in [6.07, 6.45) is 5.34. The summed E-state index contributed by atoms with van der Waals surface area (Å²) in [5.41, 5.74) is 0.649. The molecule has 0 radical (unpaired) electrons. The van der Waals surface area contributed by atoms with E-state index in [1.54, 1.807) is 24.1 Å². The average molecular weight is 239 g/mol. The minimum absolute atomic E-state index is 0.130. The van der Waals surface area contributed by atoms with Gasteiger partial charge in [0, 0.05) is 20.2 Å². The number of nitrogens with one attached hydrogen (secondary N) is 1. The van der Waals surface area contributed by atoms with Crippen LogP contribution in [0.5, 0.6) is 0 Å². The van der Waals surface area contributed by atoms with Crippen molar-refractivity contribution in [2.24, 2.45) is 7.05 Å². The lowest BCUT2D eigenvalue weighted by atomic mass is 10.2. The highest BCUT2D eigenvalue weighted by Gasteiger charge is 2.24. The summed E-state index contributed by atoms with van der Waals surface area (Å²) in [4.78, 5) is 15.1. The number of imidazole rings is 1. The van der Waals surface area contributed by atoms with Gasteiger partial charge in [0.25, 0.3) is 0 Å². The van der Waals surface area contributed by atoms with Crippen molar-refractivity contribution in [3.05, 3.63) is 18.2 Å². The van der Waals surface area contributed by atoms with Crippen LogP contribution in [0.15, 0.2) is 12.5 Å². The summed E-state index contributed by atoms with van der Waals surface area (Å²) in [6, 6.07) is -0.730. The van der Waals surface area contributed by atoms with Crippen LogP contribution in [0.2, 0.25) is 0 Å². The van der Waals surface area contributed by atoms with Crippen LogP contribution in [-0.2, 0) is 16.6 Å². The van der Waals surface area contributed by atoms with Gasteiger partial charge in [0.2, 0.25) is 0 Å². The molecule has 1 aliphatic rings. The number of aryl methyl sites for hydroxylation is 1. The first kappa shape index (κ1) is 12.1. The van der Waals surface area contributed by atoms with Crippen molar-refractivity contribution in [2.45, 2.75) is 25.0 Å². The largest absolute Gasteiger partial charge is 0.480 e. The lowest BCUT2D eigenvalue weighted by Gasteiger charge is -2.17. The van der Waals surface area contributed by atoms with Gasteiger partial charge in [-0.1, -0.05) is 0 Å². The van der Waals surface area contributed by atoms with Crippen LogP contribution in [0.4, 0.5) is 0 Å². The van der Waals surface area contributed by atoms with Crippen molar-refractivity contribution in [2.75, 3.05) is 13.2 Å². The zero-order valence-corrected chi connectivity index (χ0v) is 9.80. The molecule has 0 saturated carbocycles.